The summed E-state index contributed by atoms with van der Waals surface area (Å²) in [7, 11) is 0. The predicted octanol–water partition coefficient (Wildman–Crippen LogP) is 0.917. The maximum atomic E-state index is 12.7. The van der Waals surface area contributed by atoms with Crippen molar-refractivity contribution >= 4 is 11.8 Å². The highest BCUT2D eigenvalue weighted by Gasteiger charge is 2.33. The van der Waals surface area contributed by atoms with Gasteiger partial charge in [0.1, 0.15) is 0 Å². The molecule has 2 aromatic rings. The van der Waals surface area contributed by atoms with Gasteiger partial charge in [-0.25, -0.2) is 0 Å². The lowest BCUT2D eigenvalue weighted by Crippen LogP contribution is -2.44. The summed E-state index contributed by atoms with van der Waals surface area (Å²) in [5, 5.41) is 16.7. The van der Waals surface area contributed by atoms with Gasteiger partial charge in [-0.2, -0.15) is 5.10 Å². The van der Waals surface area contributed by atoms with Crippen molar-refractivity contribution in [2.24, 2.45) is 5.92 Å². The molecule has 2 aliphatic heterocycles. The van der Waals surface area contributed by atoms with E-state index in [1.54, 1.807) is 28.3 Å². The van der Waals surface area contributed by atoms with E-state index in [9.17, 15) is 14.7 Å². The highest BCUT2D eigenvalue weighted by molar-refractivity contribution is 5.93. The zero-order valence-corrected chi connectivity index (χ0v) is 15.0. The second kappa shape index (κ2) is 7.48. The van der Waals surface area contributed by atoms with Crippen molar-refractivity contribution in [3.05, 3.63) is 36.3 Å². The van der Waals surface area contributed by atoms with E-state index in [2.05, 4.69) is 15.2 Å². The molecule has 1 atom stereocenters. The SMILES string of the molecule is O=C(c1cc(-c2ccncc2)[nH]n1)N1CCC(C(=O)N2CC[C@@H](O)C2)CC1. The summed E-state index contributed by atoms with van der Waals surface area (Å²) in [6.07, 6.45) is 4.95. The number of β-amino-alcohol motifs (C(OH)–C–C–N with tert-alkyl or cyclic N) is 1. The van der Waals surface area contributed by atoms with E-state index in [4.69, 9.17) is 0 Å². The number of amides is 2. The number of hydrogen-bond acceptors (Lipinski definition) is 5. The molecular formula is C19H23N5O3. The molecule has 8 heteroatoms. The third-order valence-corrected chi connectivity index (χ3v) is 5.39. The molecule has 0 saturated carbocycles. The van der Waals surface area contributed by atoms with Crippen molar-refractivity contribution in [1.29, 1.82) is 0 Å². The molecule has 0 spiro atoms. The van der Waals surface area contributed by atoms with Crippen molar-refractivity contribution in [3.8, 4) is 11.3 Å². The van der Waals surface area contributed by atoms with Crippen LogP contribution in [0.3, 0.4) is 0 Å². The number of aromatic nitrogens is 3. The molecule has 27 heavy (non-hydrogen) atoms. The van der Waals surface area contributed by atoms with Crippen LogP contribution in [0.1, 0.15) is 29.8 Å². The Hall–Kier alpha value is -2.74. The third kappa shape index (κ3) is 3.71. The van der Waals surface area contributed by atoms with Crippen LogP contribution in [-0.2, 0) is 4.79 Å². The average Bonchev–Trinajstić information content (AvgIpc) is 3.37. The predicted molar refractivity (Wildman–Crippen MR) is 97.7 cm³/mol. The largest absolute Gasteiger partial charge is 0.391 e. The number of aromatic amines is 1. The molecule has 0 aromatic carbocycles. The fraction of sp³-hybridized carbons (Fsp3) is 0.474. The van der Waals surface area contributed by atoms with Gasteiger partial charge in [0.2, 0.25) is 5.91 Å². The number of rotatable bonds is 3. The summed E-state index contributed by atoms with van der Waals surface area (Å²) < 4.78 is 0. The molecule has 2 N–H and O–H groups in total. The van der Waals surface area contributed by atoms with Gasteiger partial charge in [-0.15, -0.1) is 0 Å². The van der Waals surface area contributed by atoms with Crippen LogP contribution in [0.4, 0.5) is 0 Å². The van der Waals surface area contributed by atoms with E-state index in [1.807, 2.05) is 12.1 Å². The van der Waals surface area contributed by atoms with Gasteiger partial charge in [0.05, 0.1) is 11.8 Å². The Morgan fingerprint density at radius 2 is 1.78 bits per heavy atom. The molecule has 8 nitrogen and oxygen atoms in total. The molecule has 2 amide bonds. The molecule has 2 saturated heterocycles. The zero-order valence-electron chi connectivity index (χ0n) is 15.0. The summed E-state index contributed by atoms with van der Waals surface area (Å²) in [6, 6.07) is 5.46. The van der Waals surface area contributed by atoms with E-state index >= 15 is 0 Å². The number of nitrogens with zero attached hydrogens (tertiary/aromatic N) is 4. The van der Waals surface area contributed by atoms with Gasteiger partial charge in [-0.3, -0.25) is 19.7 Å². The molecule has 0 bridgehead atoms. The van der Waals surface area contributed by atoms with E-state index in [0.717, 1.165) is 11.3 Å². The van der Waals surface area contributed by atoms with Gasteiger partial charge in [0.15, 0.2) is 5.69 Å². The summed E-state index contributed by atoms with van der Waals surface area (Å²) >= 11 is 0. The van der Waals surface area contributed by atoms with Gasteiger partial charge in [-0.1, -0.05) is 0 Å². The maximum absolute atomic E-state index is 12.7. The molecule has 142 valence electrons. The minimum Gasteiger partial charge on any atom is -0.391 e. The molecule has 0 unspecified atom stereocenters. The minimum absolute atomic E-state index is 0.0640. The molecule has 2 fully saturated rings. The van der Waals surface area contributed by atoms with Crippen LogP contribution in [0.15, 0.2) is 30.6 Å². The zero-order chi connectivity index (χ0) is 18.8. The number of pyridine rings is 1. The first-order chi connectivity index (χ1) is 13.1. The van der Waals surface area contributed by atoms with Gasteiger partial charge < -0.3 is 14.9 Å². The topological polar surface area (TPSA) is 102 Å². The summed E-state index contributed by atoms with van der Waals surface area (Å²) in [5.74, 6) is -0.0710. The highest BCUT2D eigenvalue weighted by atomic mass is 16.3. The Morgan fingerprint density at radius 3 is 2.44 bits per heavy atom. The van der Waals surface area contributed by atoms with E-state index < -0.39 is 6.10 Å². The van der Waals surface area contributed by atoms with Crippen molar-refractivity contribution in [3.63, 3.8) is 0 Å². The normalized spacial score (nSPS) is 20.9. The van der Waals surface area contributed by atoms with Crippen LogP contribution in [0.5, 0.6) is 0 Å². The lowest BCUT2D eigenvalue weighted by atomic mass is 9.95. The second-order valence-corrected chi connectivity index (χ2v) is 7.20. The Kier molecular flexibility index (Phi) is 4.89. The van der Waals surface area contributed by atoms with Crippen LogP contribution in [0.2, 0.25) is 0 Å². The summed E-state index contributed by atoms with van der Waals surface area (Å²) in [6.45, 7) is 2.15. The molecule has 4 heterocycles. The fourth-order valence-electron chi connectivity index (χ4n) is 3.80. The average molecular weight is 369 g/mol. The van der Waals surface area contributed by atoms with Crippen LogP contribution in [0.25, 0.3) is 11.3 Å². The van der Waals surface area contributed by atoms with E-state index in [0.29, 0.717) is 51.1 Å². The van der Waals surface area contributed by atoms with Crippen molar-refractivity contribution in [2.75, 3.05) is 26.2 Å². The van der Waals surface area contributed by atoms with Crippen LogP contribution in [-0.4, -0.2) is 74.2 Å². The Balaban J connectivity index is 1.35. The lowest BCUT2D eigenvalue weighted by Gasteiger charge is -2.32. The first-order valence-electron chi connectivity index (χ1n) is 9.34. The number of piperidine rings is 1. The molecule has 4 rings (SSSR count). The lowest BCUT2D eigenvalue weighted by molar-refractivity contribution is -0.136. The van der Waals surface area contributed by atoms with Crippen molar-refractivity contribution in [1.82, 2.24) is 25.0 Å². The second-order valence-electron chi connectivity index (χ2n) is 7.20. The third-order valence-electron chi connectivity index (χ3n) is 5.39. The smallest absolute Gasteiger partial charge is 0.274 e. The standard InChI is InChI=1S/C19H23N5O3/c25-15-5-10-24(12-15)18(26)14-3-8-23(9-4-14)19(27)17-11-16(21-22-17)13-1-6-20-7-2-13/h1-2,6-7,11,14-15,25H,3-5,8-10,12H2,(H,21,22)/t15-/m1/s1. The van der Waals surface area contributed by atoms with Gasteiger partial charge >= 0.3 is 0 Å². The monoisotopic (exact) mass is 369 g/mol. The van der Waals surface area contributed by atoms with Gasteiger partial charge in [0.25, 0.3) is 5.91 Å². The molecule has 2 aromatic heterocycles. The van der Waals surface area contributed by atoms with Crippen LogP contribution < -0.4 is 0 Å². The number of aliphatic hydroxyl groups excluding tert-OH is 1. The van der Waals surface area contributed by atoms with E-state index in [-0.39, 0.29) is 17.7 Å². The van der Waals surface area contributed by atoms with Gasteiger partial charge in [-0.05, 0) is 37.5 Å². The van der Waals surface area contributed by atoms with Crippen LogP contribution in [0, 0.1) is 5.92 Å². The van der Waals surface area contributed by atoms with Gasteiger partial charge in [0, 0.05) is 50.1 Å². The molecule has 2 aliphatic rings. The first-order valence-corrected chi connectivity index (χ1v) is 9.34. The first kappa shape index (κ1) is 17.7. The number of carbonyl (C=O) groups is 2. The maximum Gasteiger partial charge on any atom is 0.274 e. The van der Waals surface area contributed by atoms with Crippen molar-refractivity contribution < 1.29 is 14.7 Å². The highest BCUT2D eigenvalue weighted by Crippen LogP contribution is 2.24. The fourth-order valence-corrected chi connectivity index (χ4v) is 3.80. The Morgan fingerprint density at radius 1 is 1.07 bits per heavy atom. The van der Waals surface area contributed by atoms with E-state index in [1.165, 1.54) is 0 Å². The Bertz CT molecular complexity index is 814. The number of likely N-dealkylation sites (tertiary alicyclic amines) is 2. The number of nitrogens with one attached hydrogen (secondary N) is 1. The molecule has 0 radical (unpaired) electrons. The number of carbonyl (C=O) groups excluding carboxylic acids is 2. The molecule has 0 aliphatic carbocycles. The summed E-state index contributed by atoms with van der Waals surface area (Å²) in [4.78, 5) is 32.8. The van der Waals surface area contributed by atoms with Crippen LogP contribution >= 0.6 is 0 Å². The van der Waals surface area contributed by atoms with Crippen molar-refractivity contribution in [2.45, 2.75) is 25.4 Å². The summed E-state index contributed by atoms with van der Waals surface area (Å²) in [5.41, 5.74) is 2.08. The Labute approximate surface area is 157 Å². The number of H-pyrrole nitrogens is 1. The molecular weight excluding hydrogens is 346 g/mol. The number of hydrogen-bond donors (Lipinski definition) is 2. The minimum atomic E-state index is -0.398. The quantitative estimate of drug-likeness (QED) is 0.837. The number of aliphatic hydroxyl groups is 1.